The van der Waals surface area contributed by atoms with Crippen molar-refractivity contribution >= 4 is 11.6 Å². The van der Waals surface area contributed by atoms with Gasteiger partial charge < -0.3 is 11.5 Å². The fourth-order valence-electron chi connectivity index (χ4n) is 1.73. The van der Waals surface area contributed by atoms with Gasteiger partial charge in [0.15, 0.2) is 5.78 Å². The van der Waals surface area contributed by atoms with E-state index in [1.54, 1.807) is 18.3 Å². The van der Waals surface area contributed by atoms with Crippen molar-refractivity contribution in [2.75, 3.05) is 12.3 Å². The lowest BCUT2D eigenvalue weighted by Gasteiger charge is -2.16. The van der Waals surface area contributed by atoms with Crippen molar-refractivity contribution in [3.63, 3.8) is 0 Å². The van der Waals surface area contributed by atoms with Crippen LogP contribution in [0, 0.1) is 11.8 Å². The van der Waals surface area contributed by atoms with E-state index in [2.05, 4.69) is 18.8 Å². The maximum absolute atomic E-state index is 12.1. The number of rotatable bonds is 5. The van der Waals surface area contributed by atoms with E-state index in [1.807, 2.05) is 0 Å². The quantitative estimate of drug-likeness (QED) is 0.737. The number of Topliss-reactive ketones (excluding diaryl/α,β-unsaturated/α-hetero) is 1. The van der Waals surface area contributed by atoms with Gasteiger partial charge in [-0.25, -0.2) is 4.98 Å². The Morgan fingerprint density at radius 1 is 1.50 bits per heavy atom. The molecule has 0 bridgehead atoms. The summed E-state index contributed by atoms with van der Waals surface area (Å²) in [4.78, 5) is 16.0. The van der Waals surface area contributed by atoms with Crippen LogP contribution in [0.25, 0.3) is 0 Å². The molecule has 0 spiro atoms. The Kier molecular flexibility index (Phi) is 4.43. The van der Waals surface area contributed by atoms with Gasteiger partial charge in [-0.15, -0.1) is 0 Å². The molecule has 1 unspecified atom stereocenters. The van der Waals surface area contributed by atoms with Crippen molar-refractivity contribution in [2.45, 2.75) is 20.3 Å². The van der Waals surface area contributed by atoms with Crippen molar-refractivity contribution < 1.29 is 4.79 Å². The second-order valence-corrected chi connectivity index (χ2v) is 4.36. The molecule has 1 heterocycles. The summed E-state index contributed by atoms with van der Waals surface area (Å²) in [6.45, 7) is 4.50. The first kappa shape index (κ1) is 12.6. The van der Waals surface area contributed by atoms with Crippen LogP contribution in [0.1, 0.15) is 30.6 Å². The predicted octanol–water partition coefficient (Wildman–Crippen LogP) is 1.47. The van der Waals surface area contributed by atoms with Gasteiger partial charge in [0.2, 0.25) is 0 Å². The average molecular weight is 221 g/mol. The van der Waals surface area contributed by atoms with Gasteiger partial charge in [-0.05, 0) is 24.5 Å². The summed E-state index contributed by atoms with van der Waals surface area (Å²) in [5.74, 6) is 0.568. The molecule has 0 radical (unpaired) electrons. The van der Waals surface area contributed by atoms with Crippen LogP contribution in [0.15, 0.2) is 18.3 Å². The highest BCUT2D eigenvalue weighted by Gasteiger charge is 2.21. The normalized spacial score (nSPS) is 12.8. The molecule has 16 heavy (non-hydrogen) atoms. The fourth-order valence-corrected chi connectivity index (χ4v) is 1.73. The Balaban J connectivity index is 2.87. The van der Waals surface area contributed by atoms with E-state index in [4.69, 9.17) is 11.5 Å². The molecule has 0 aliphatic heterocycles. The molecule has 1 rings (SSSR count). The first-order valence-corrected chi connectivity index (χ1v) is 5.51. The molecule has 1 aromatic rings. The Morgan fingerprint density at radius 3 is 2.69 bits per heavy atom. The van der Waals surface area contributed by atoms with Gasteiger partial charge in [-0.3, -0.25) is 4.79 Å². The van der Waals surface area contributed by atoms with E-state index in [0.29, 0.717) is 18.0 Å². The van der Waals surface area contributed by atoms with Crippen LogP contribution < -0.4 is 11.5 Å². The number of hydrogen-bond acceptors (Lipinski definition) is 4. The maximum atomic E-state index is 12.1. The molecule has 0 aliphatic rings. The number of aromatic nitrogens is 1. The molecule has 4 nitrogen and oxygen atoms in total. The number of nitrogens with two attached hydrogens (primary N) is 2. The van der Waals surface area contributed by atoms with Gasteiger partial charge in [0.05, 0.1) is 5.56 Å². The fraction of sp³-hybridized carbons (Fsp3) is 0.500. The summed E-state index contributed by atoms with van der Waals surface area (Å²) in [5, 5.41) is 0. The van der Waals surface area contributed by atoms with Crippen LogP contribution in [0.3, 0.4) is 0 Å². The van der Waals surface area contributed by atoms with Crippen LogP contribution in [0.2, 0.25) is 0 Å². The summed E-state index contributed by atoms with van der Waals surface area (Å²) in [7, 11) is 0. The van der Waals surface area contributed by atoms with Crippen molar-refractivity contribution in [1.82, 2.24) is 4.98 Å². The third kappa shape index (κ3) is 3.03. The molecule has 0 saturated carbocycles. The number of hydrogen-bond donors (Lipinski definition) is 2. The standard InChI is InChI=1S/C12H19N3O/c1-8(2)6-9(7-13)11(16)10-4-3-5-15-12(10)14/h3-5,8-9H,6-7,13H2,1-2H3,(H2,14,15). The van der Waals surface area contributed by atoms with Crippen molar-refractivity contribution in [3.8, 4) is 0 Å². The molecule has 4 heteroatoms. The monoisotopic (exact) mass is 221 g/mol. The molecule has 1 aromatic heterocycles. The van der Waals surface area contributed by atoms with E-state index in [9.17, 15) is 4.79 Å². The Hall–Kier alpha value is -1.42. The van der Waals surface area contributed by atoms with Crippen molar-refractivity contribution in [2.24, 2.45) is 17.6 Å². The maximum Gasteiger partial charge on any atom is 0.170 e. The van der Waals surface area contributed by atoms with E-state index in [0.717, 1.165) is 6.42 Å². The Morgan fingerprint density at radius 2 is 2.19 bits per heavy atom. The molecule has 0 aliphatic carbocycles. The average Bonchev–Trinajstić information content (AvgIpc) is 2.25. The number of nitrogens with zero attached hydrogens (tertiary/aromatic N) is 1. The number of carbonyl (C=O) groups is 1. The Bertz CT molecular complexity index is 363. The van der Waals surface area contributed by atoms with Crippen LogP contribution in [0.5, 0.6) is 0 Å². The molecule has 0 aromatic carbocycles. The second-order valence-electron chi connectivity index (χ2n) is 4.36. The van der Waals surface area contributed by atoms with Crippen LogP contribution >= 0.6 is 0 Å². The van der Waals surface area contributed by atoms with Gasteiger partial charge in [0, 0.05) is 18.7 Å². The van der Waals surface area contributed by atoms with E-state index >= 15 is 0 Å². The number of pyridine rings is 1. The van der Waals surface area contributed by atoms with Crippen LogP contribution in [0.4, 0.5) is 5.82 Å². The zero-order valence-electron chi connectivity index (χ0n) is 9.81. The van der Waals surface area contributed by atoms with E-state index < -0.39 is 0 Å². The Labute approximate surface area is 96.0 Å². The number of nitrogen functional groups attached to an aromatic ring is 1. The molecule has 0 saturated heterocycles. The highest BCUT2D eigenvalue weighted by molar-refractivity contribution is 6.01. The van der Waals surface area contributed by atoms with Gasteiger partial charge in [-0.1, -0.05) is 13.8 Å². The lowest BCUT2D eigenvalue weighted by atomic mass is 9.90. The molecular weight excluding hydrogens is 202 g/mol. The summed E-state index contributed by atoms with van der Waals surface area (Å²) in [5.41, 5.74) is 11.8. The van der Waals surface area contributed by atoms with Crippen LogP contribution in [-0.4, -0.2) is 17.3 Å². The second kappa shape index (κ2) is 5.61. The SMILES string of the molecule is CC(C)CC(CN)C(=O)c1cccnc1N. The summed E-state index contributed by atoms with van der Waals surface area (Å²) in [6.07, 6.45) is 2.36. The summed E-state index contributed by atoms with van der Waals surface area (Å²) >= 11 is 0. The lowest BCUT2D eigenvalue weighted by molar-refractivity contribution is 0.0909. The van der Waals surface area contributed by atoms with Crippen LogP contribution in [-0.2, 0) is 0 Å². The first-order chi connectivity index (χ1) is 7.56. The minimum atomic E-state index is -0.161. The van der Waals surface area contributed by atoms with Gasteiger partial charge in [0.1, 0.15) is 5.82 Å². The third-order valence-corrected chi connectivity index (χ3v) is 2.52. The first-order valence-electron chi connectivity index (χ1n) is 5.51. The van der Waals surface area contributed by atoms with E-state index in [1.165, 1.54) is 0 Å². The highest BCUT2D eigenvalue weighted by atomic mass is 16.1. The minimum absolute atomic E-state index is 0.00167. The molecule has 0 amide bonds. The smallest absolute Gasteiger partial charge is 0.170 e. The molecular formula is C12H19N3O. The zero-order valence-corrected chi connectivity index (χ0v) is 9.81. The molecule has 1 atom stereocenters. The lowest BCUT2D eigenvalue weighted by Crippen LogP contribution is -2.26. The van der Waals surface area contributed by atoms with E-state index in [-0.39, 0.29) is 17.5 Å². The van der Waals surface area contributed by atoms with Gasteiger partial charge >= 0.3 is 0 Å². The zero-order chi connectivity index (χ0) is 12.1. The van der Waals surface area contributed by atoms with Gasteiger partial charge in [0.25, 0.3) is 0 Å². The van der Waals surface area contributed by atoms with Gasteiger partial charge in [-0.2, -0.15) is 0 Å². The highest BCUT2D eigenvalue weighted by Crippen LogP contribution is 2.19. The number of ketones is 1. The summed E-state index contributed by atoms with van der Waals surface area (Å²) < 4.78 is 0. The van der Waals surface area contributed by atoms with Crippen molar-refractivity contribution in [1.29, 1.82) is 0 Å². The summed E-state index contributed by atoms with van der Waals surface area (Å²) in [6, 6.07) is 3.42. The largest absolute Gasteiger partial charge is 0.383 e. The molecule has 88 valence electrons. The third-order valence-electron chi connectivity index (χ3n) is 2.52. The molecule has 4 N–H and O–H groups in total. The minimum Gasteiger partial charge on any atom is -0.383 e. The predicted molar refractivity (Wildman–Crippen MR) is 65.0 cm³/mol. The van der Waals surface area contributed by atoms with Crippen molar-refractivity contribution in [3.05, 3.63) is 23.9 Å². The molecule has 0 fully saturated rings. The number of anilines is 1. The topological polar surface area (TPSA) is 82.0 Å². The number of carbonyl (C=O) groups excluding carboxylic acids is 1.